The van der Waals surface area contributed by atoms with Gasteiger partial charge in [-0.1, -0.05) is 0 Å². The Morgan fingerprint density at radius 1 is 1.56 bits per heavy atom. The third-order valence-corrected chi connectivity index (χ3v) is 3.59. The minimum atomic E-state index is -0.167. The maximum atomic E-state index is 11.4. The topological polar surface area (TPSA) is 43.8 Å². The molecule has 0 aromatic rings. The lowest BCUT2D eigenvalue weighted by atomic mass is 10.2. The molecule has 0 spiro atoms. The third-order valence-electron chi connectivity index (χ3n) is 3.59. The number of hydrogen-bond donors (Lipinski definition) is 1. The Hall–Kier alpha value is -0.610. The van der Waals surface area contributed by atoms with Gasteiger partial charge in [-0.3, -0.25) is 4.79 Å². The summed E-state index contributed by atoms with van der Waals surface area (Å²) in [6, 6.07) is 0. The van der Waals surface area contributed by atoms with Gasteiger partial charge < -0.3 is 14.9 Å². The van der Waals surface area contributed by atoms with Crippen molar-refractivity contribution < 1.29 is 9.90 Å². The molecule has 1 atom stereocenters. The van der Waals surface area contributed by atoms with Gasteiger partial charge in [-0.05, 0) is 32.2 Å². The number of aliphatic hydroxyl groups is 1. The van der Waals surface area contributed by atoms with Crippen LogP contribution in [-0.4, -0.2) is 60.1 Å². The zero-order chi connectivity index (χ0) is 11.5. The minimum Gasteiger partial charge on any atom is -0.392 e. The van der Waals surface area contributed by atoms with Crippen LogP contribution < -0.4 is 0 Å². The van der Waals surface area contributed by atoms with E-state index in [0.29, 0.717) is 12.3 Å². The Morgan fingerprint density at radius 3 is 2.88 bits per heavy atom. The van der Waals surface area contributed by atoms with Crippen LogP contribution in [0.4, 0.5) is 0 Å². The van der Waals surface area contributed by atoms with E-state index >= 15 is 0 Å². The number of likely N-dealkylation sites (N-methyl/N-ethyl adjacent to an activating group) is 1. The summed E-state index contributed by atoms with van der Waals surface area (Å²) in [7, 11) is 2.02. The first-order valence-corrected chi connectivity index (χ1v) is 6.31. The van der Waals surface area contributed by atoms with Crippen molar-refractivity contribution in [3.8, 4) is 0 Å². The zero-order valence-corrected chi connectivity index (χ0v) is 10.1. The number of hydrogen-bond acceptors (Lipinski definition) is 3. The lowest BCUT2D eigenvalue weighted by Gasteiger charge is -2.23. The highest BCUT2D eigenvalue weighted by atomic mass is 16.3. The lowest BCUT2D eigenvalue weighted by molar-refractivity contribution is -0.127. The molecular weight excluding hydrogens is 204 g/mol. The fourth-order valence-corrected chi connectivity index (χ4v) is 2.27. The summed E-state index contributed by atoms with van der Waals surface area (Å²) in [5, 5.41) is 9.78. The van der Waals surface area contributed by atoms with Crippen molar-refractivity contribution in [1.29, 1.82) is 0 Å². The Balaban J connectivity index is 1.62. The maximum absolute atomic E-state index is 11.4. The van der Waals surface area contributed by atoms with Crippen molar-refractivity contribution >= 4 is 5.91 Å². The largest absolute Gasteiger partial charge is 0.392 e. The van der Waals surface area contributed by atoms with Crippen LogP contribution in [0, 0.1) is 5.92 Å². The van der Waals surface area contributed by atoms with Crippen LogP contribution in [0.15, 0.2) is 0 Å². The summed E-state index contributed by atoms with van der Waals surface area (Å²) in [6.07, 6.45) is 3.92. The number of carbonyl (C=O) groups excluding carboxylic acids is 1. The number of aliphatic hydroxyl groups excluding tert-OH is 1. The minimum absolute atomic E-state index is 0.167. The molecule has 4 heteroatoms. The molecule has 92 valence electrons. The fourth-order valence-electron chi connectivity index (χ4n) is 2.27. The van der Waals surface area contributed by atoms with Crippen LogP contribution in [0.2, 0.25) is 0 Å². The molecule has 1 unspecified atom stereocenters. The first kappa shape index (κ1) is 11.9. The molecule has 1 N–H and O–H groups in total. The van der Waals surface area contributed by atoms with E-state index in [1.165, 1.54) is 12.8 Å². The van der Waals surface area contributed by atoms with Crippen molar-refractivity contribution in [3.05, 3.63) is 0 Å². The van der Waals surface area contributed by atoms with Gasteiger partial charge >= 0.3 is 0 Å². The monoisotopic (exact) mass is 226 g/mol. The van der Waals surface area contributed by atoms with Crippen LogP contribution in [0.1, 0.15) is 25.7 Å². The first-order chi connectivity index (χ1) is 7.66. The van der Waals surface area contributed by atoms with Crippen molar-refractivity contribution in [2.75, 3.05) is 33.2 Å². The molecule has 1 amide bonds. The van der Waals surface area contributed by atoms with Crippen LogP contribution in [0.5, 0.6) is 0 Å². The average Bonchev–Trinajstić information content (AvgIpc) is 3.00. The molecule has 2 aliphatic rings. The van der Waals surface area contributed by atoms with Crippen LogP contribution in [0.3, 0.4) is 0 Å². The Bertz CT molecular complexity index is 253. The van der Waals surface area contributed by atoms with E-state index in [0.717, 1.165) is 32.6 Å². The molecule has 1 saturated carbocycles. The number of likely N-dealkylation sites (tertiary alicyclic amines) is 1. The summed E-state index contributed by atoms with van der Waals surface area (Å²) in [6.45, 7) is 3.34. The molecule has 2 fully saturated rings. The van der Waals surface area contributed by atoms with E-state index in [-0.39, 0.29) is 12.0 Å². The second kappa shape index (κ2) is 5.15. The quantitative estimate of drug-likeness (QED) is 0.709. The van der Waals surface area contributed by atoms with Crippen molar-refractivity contribution in [1.82, 2.24) is 9.80 Å². The molecule has 1 aliphatic heterocycles. The van der Waals surface area contributed by atoms with Gasteiger partial charge in [-0.15, -0.1) is 0 Å². The Kier molecular flexibility index (Phi) is 3.82. The number of amides is 1. The zero-order valence-electron chi connectivity index (χ0n) is 10.1. The molecule has 16 heavy (non-hydrogen) atoms. The Morgan fingerprint density at radius 2 is 2.31 bits per heavy atom. The van der Waals surface area contributed by atoms with Crippen LogP contribution >= 0.6 is 0 Å². The Labute approximate surface area is 97.2 Å². The highest BCUT2D eigenvalue weighted by Gasteiger charge is 2.30. The molecule has 1 aliphatic carbocycles. The maximum Gasteiger partial charge on any atom is 0.222 e. The number of nitrogens with zero attached hydrogens (tertiary/aromatic N) is 2. The van der Waals surface area contributed by atoms with Gasteiger partial charge in [0.25, 0.3) is 0 Å². The fraction of sp³-hybridized carbons (Fsp3) is 0.917. The molecule has 0 aromatic carbocycles. The van der Waals surface area contributed by atoms with Crippen LogP contribution in [-0.2, 0) is 4.79 Å². The molecule has 1 heterocycles. The molecule has 1 saturated heterocycles. The van der Waals surface area contributed by atoms with E-state index < -0.39 is 0 Å². The molecule has 0 radical (unpaired) electrons. The standard InChI is InChI=1S/C12H22N2O2/c1-13(9-11(15)10-4-5-10)7-8-14-6-2-3-12(14)16/h10-11,15H,2-9H2,1H3. The van der Waals surface area contributed by atoms with Crippen molar-refractivity contribution in [2.45, 2.75) is 31.8 Å². The molecule has 0 bridgehead atoms. The first-order valence-electron chi connectivity index (χ1n) is 6.31. The van der Waals surface area contributed by atoms with Gasteiger partial charge in [0.05, 0.1) is 6.10 Å². The summed E-state index contributed by atoms with van der Waals surface area (Å²) in [4.78, 5) is 15.4. The van der Waals surface area contributed by atoms with Gasteiger partial charge in [0.15, 0.2) is 0 Å². The normalized spacial score (nSPS) is 23.2. The predicted octanol–water partition coefficient (Wildman–Crippen LogP) is 0.311. The summed E-state index contributed by atoms with van der Waals surface area (Å²) >= 11 is 0. The highest BCUT2D eigenvalue weighted by Crippen LogP contribution is 2.32. The van der Waals surface area contributed by atoms with E-state index in [1.54, 1.807) is 0 Å². The third kappa shape index (κ3) is 3.19. The van der Waals surface area contributed by atoms with E-state index in [2.05, 4.69) is 4.90 Å². The van der Waals surface area contributed by atoms with Gasteiger partial charge in [0.2, 0.25) is 5.91 Å². The highest BCUT2D eigenvalue weighted by molar-refractivity contribution is 5.78. The molecule has 2 rings (SSSR count). The number of rotatable bonds is 6. The summed E-state index contributed by atoms with van der Waals surface area (Å²) in [5.41, 5.74) is 0. The van der Waals surface area contributed by atoms with Gasteiger partial charge in [-0.2, -0.15) is 0 Å². The van der Waals surface area contributed by atoms with Crippen molar-refractivity contribution in [2.24, 2.45) is 5.92 Å². The summed E-state index contributed by atoms with van der Waals surface area (Å²) < 4.78 is 0. The molecular formula is C12H22N2O2. The second-order valence-corrected chi connectivity index (χ2v) is 5.15. The van der Waals surface area contributed by atoms with Crippen LogP contribution in [0.25, 0.3) is 0 Å². The van der Waals surface area contributed by atoms with Gasteiger partial charge in [0.1, 0.15) is 0 Å². The lowest BCUT2D eigenvalue weighted by Crippen LogP contribution is -2.37. The predicted molar refractivity (Wildman–Crippen MR) is 62.0 cm³/mol. The number of carbonyl (C=O) groups is 1. The smallest absolute Gasteiger partial charge is 0.222 e. The SMILES string of the molecule is CN(CCN1CCCC1=O)CC(O)C1CC1. The van der Waals surface area contributed by atoms with Gasteiger partial charge in [0, 0.05) is 32.6 Å². The van der Waals surface area contributed by atoms with Crippen molar-refractivity contribution in [3.63, 3.8) is 0 Å². The van der Waals surface area contributed by atoms with E-state index in [1.807, 2.05) is 11.9 Å². The summed E-state index contributed by atoms with van der Waals surface area (Å²) in [5.74, 6) is 0.826. The van der Waals surface area contributed by atoms with E-state index in [9.17, 15) is 9.90 Å². The second-order valence-electron chi connectivity index (χ2n) is 5.15. The molecule has 0 aromatic heterocycles. The van der Waals surface area contributed by atoms with E-state index in [4.69, 9.17) is 0 Å². The van der Waals surface area contributed by atoms with Gasteiger partial charge in [-0.25, -0.2) is 0 Å². The average molecular weight is 226 g/mol. The molecule has 4 nitrogen and oxygen atoms in total.